The van der Waals surface area contributed by atoms with E-state index in [1.54, 1.807) is 18.2 Å². The van der Waals surface area contributed by atoms with E-state index in [-0.39, 0.29) is 5.75 Å². The molecule has 2 N–H and O–H groups in total. The van der Waals surface area contributed by atoms with Gasteiger partial charge >= 0.3 is 11.9 Å². The fourth-order valence-corrected chi connectivity index (χ4v) is 0.863. The van der Waals surface area contributed by atoms with Crippen molar-refractivity contribution in [3.63, 3.8) is 0 Å². The molecule has 0 aliphatic carbocycles. The lowest BCUT2D eigenvalue weighted by Gasteiger charge is -2.04. The van der Waals surface area contributed by atoms with E-state index in [1.807, 2.05) is 13.8 Å². The maximum atomic E-state index is 10.6. The van der Waals surface area contributed by atoms with Gasteiger partial charge in [0.1, 0.15) is 5.75 Å². The van der Waals surface area contributed by atoms with Crippen LogP contribution in [0.1, 0.15) is 13.8 Å². The second-order valence-electron chi connectivity index (χ2n) is 2.57. The normalized spacial score (nSPS) is 9.88. The van der Waals surface area contributed by atoms with Gasteiger partial charge in [0.2, 0.25) is 5.76 Å². The average molecular weight is 238 g/mol. The number of benzene rings is 1. The number of carbonyl (C=O) groups is 2. The molecule has 0 saturated heterocycles. The van der Waals surface area contributed by atoms with E-state index in [4.69, 9.17) is 14.9 Å². The van der Waals surface area contributed by atoms with Gasteiger partial charge in [-0.1, -0.05) is 32.0 Å². The first-order chi connectivity index (χ1) is 8.09. The van der Waals surface area contributed by atoms with E-state index in [1.165, 1.54) is 12.1 Å². The van der Waals surface area contributed by atoms with Crippen molar-refractivity contribution in [3.8, 4) is 5.75 Å². The number of para-hydroxylation sites is 1. The SMILES string of the molecule is CC.O=C(O)C=C(Oc1ccccc1)C(=O)O. The summed E-state index contributed by atoms with van der Waals surface area (Å²) in [6.45, 7) is 4.00. The van der Waals surface area contributed by atoms with E-state index < -0.39 is 17.7 Å². The maximum Gasteiger partial charge on any atom is 0.372 e. The smallest absolute Gasteiger partial charge is 0.372 e. The van der Waals surface area contributed by atoms with Crippen LogP contribution in [-0.4, -0.2) is 22.2 Å². The summed E-state index contributed by atoms with van der Waals surface area (Å²) in [6.07, 6.45) is 0.495. The Morgan fingerprint density at radius 1 is 1.12 bits per heavy atom. The molecule has 0 aliphatic heterocycles. The number of hydrogen-bond acceptors (Lipinski definition) is 3. The summed E-state index contributed by atoms with van der Waals surface area (Å²) in [5.41, 5.74) is 0. The number of carboxylic acids is 2. The standard InChI is InChI=1S/C10H8O5.C2H6/c11-9(12)6-8(10(13)14)15-7-4-2-1-3-5-7;1-2/h1-6H,(H,11,12)(H,13,14);1-2H3. The van der Waals surface area contributed by atoms with Gasteiger partial charge in [0.25, 0.3) is 0 Å². The number of ether oxygens (including phenoxy) is 1. The Kier molecular flexibility index (Phi) is 6.85. The predicted octanol–water partition coefficient (Wildman–Crippen LogP) is 2.14. The molecule has 1 aromatic rings. The van der Waals surface area contributed by atoms with Gasteiger partial charge in [0, 0.05) is 0 Å². The van der Waals surface area contributed by atoms with E-state index in [0.29, 0.717) is 6.08 Å². The molecule has 0 aromatic heterocycles. The molecule has 5 nitrogen and oxygen atoms in total. The van der Waals surface area contributed by atoms with Crippen molar-refractivity contribution in [2.24, 2.45) is 0 Å². The van der Waals surface area contributed by atoms with Crippen molar-refractivity contribution in [2.75, 3.05) is 0 Å². The second kappa shape index (κ2) is 7.92. The Bertz CT molecular complexity index is 395. The molecular weight excluding hydrogens is 224 g/mol. The number of aliphatic carboxylic acids is 2. The van der Waals surface area contributed by atoms with Gasteiger partial charge in [-0.05, 0) is 12.1 Å². The highest BCUT2D eigenvalue weighted by atomic mass is 16.5. The third kappa shape index (κ3) is 5.99. The summed E-state index contributed by atoms with van der Waals surface area (Å²) in [5.74, 6) is -3.16. The van der Waals surface area contributed by atoms with Gasteiger partial charge in [0.05, 0.1) is 6.08 Å². The molecule has 5 heteroatoms. The van der Waals surface area contributed by atoms with Gasteiger partial charge < -0.3 is 14.9 Å². The summed E-state index contributed by atoms with van der Waals surface area (Å²) in [7, 11) is 0. The van der Waals surface area contributed by atoms with Crippen LogP contribution in [0.2, 0.25) is 0 Å². The molecule has 0 spiro atoms. The topological polar surface area (TPSA) is 83.8 Å². The summed E-state index contributed by atoms with van der Waals surface area (Å²) in [5, 5.41) is 17.0. The zero-order valence-corrected chi connectivity index (χ0v) is 9.58. The highest BCUT2D eigenvalue weighted by Crippen LogP contribution is 2.12. The molecule has 0 heterocycles. The van der Waals surface area contributed by atoms with Crippen LogP contribution in [0.25, 0.3) is 0 Å². The number of rotatable bonds is 4. The summed E-state index contributed by atoms with van der Waals surface area (Å²) >= 11 is 0. The van der Waals surface area contributed by atoms with Crippen molar-refractivity contribution in [3.05, 3.63) is 42.2 Å². The Morgan fingerprint density at radius 2 is 1.65 bits per heavy atom. The zero-order valence-electron chi connectivity index (χ0n) is 9.58. The van der Waals surface area contributed by atoms with Gasteiger partial charge in [-0.3, -0.25) is 0 Å². The molecule has 1 rings (SSSR count). The van der Waals surface area contributed by atoms with Crippen molar-refractivity contribution >= 4 is 11.9 Å². The quantitative estimate of drug-likeness (QED) is 0.620. The average Bonchev–Trinajstić information content (AvgIpc) is 2.31. The highest BCUT2D eigenvalue weighted by Gasteiger charge is 2.11. The fraction of sp³-hybridized carbons (Fsp3) is 0.167. The molecule has 92 valence electrons. The minimum absolute atomic E-state index is 0.271. The molecule has 0 unspecified atom stereocenters. The Morgan fingerprint density at radius 3 is 2.06 bits per heavy atom. The summed E-state index contributed by atoms with van der Waals surface area (Å²) < 4.78 is 4.87. The van der Waals surface area contributed by atoms with Crippen molar-refractivity contribution < 1.29 is 24.5 Å². The lowest BCUT2D eigenvalue weighted by molar-refractivity contribution is -0.137. The van der Waals surface area contributed by atoms with Crippen molar-refractivity contribution in [2.45, 2.75) is 13.8 Å². The predicted molar refractivity (Wildman–Crippen MR) is 61.8 cm³/mol. The Hall–Kier alpha value is -2.30. The monoisotopic (exact) mass is 238 g/mol. The molecule has 0 saturated carbocycles. The molecule has 0 bridgehead atoms. The van der Waals surface area contributed by atoms with Gasteiger partial charge in [-0.15, -0.1) is 0 Å². The molecule has 0 amide bonds. The molecule has 0 atom stereocenters. The lowest BCUT2D eigenvalue weighted by Crippen LogP contribution is -2.10. The van der Waals surface area contributed by atoms with E-state index >= 15 is 0 Å². The zero-order chi connectivity index (χ0) is 13.3. The van der Waals surface area contributed by atoms with Crippen LogP contribution < -0.4 is 4.74 Å². The van der Waals surface area contributed by atoms with Crippen LogP contribution in [0, 0.1) is 0 Å². The third-order valence-electron chi connectivity index (χ3n) is 1.44. The van der Waals surface area contributed by atoms with Crippen LogP contribution >= 0.6 is 0 Å². The van der Waals surface area contributed by atoms with Crippen LogP contribution in [0.15, 0.2) is 42.2 Å². The third-order valence-corrected chi connectivity index (χ3v) is 1.44. The van der Waals surface area contributed by atoms with Crippen molar-refractivity contribution in [1.29, 1.82) is 0 Å². The fourth-order valence-electron chi connectivity index (χ4n) is 0.863. The van der Waals surface area contributed by atoms with Gasteiger partial charge in [-0.2, -0.15) is 0 Å². The molecule has 1 aromatic carbocycles. The molecule has 0 radical (unpaired) electrons. The van der Waals surface area contributed by atoms with Crippen LogP contribution in [-0.2, 0) is 9.59 Å². The highest BCUT2D eigenvalue weighted by molar-refractivity contribution is 5.93. The van der Waals surface area contributed by atoms with Gasteiger partial charge in [0.15, 0.2) is 0 Å². The summed E-state index contributed by atoms with van der Waals surface area (Å²) in [4.78, 5) is 20.9. The first kappa shape index (κ1) is 14.7. The van der Waals surface area contributed by atoms with Crippen LogP contribution in [0.4, 0.5) is 0 Å². The first-order valence-corrected chi connectivity index (χ1v) is 5.00. The van der Waals surface area contributed by atoms with E-state index in [9.17, 15) is 9.59 Å². The van der Waals surface area contributed by atoms with Crippen LogP contribution in [0.3, 0.4) is 0 Å². The van der Waals surface area contributed by atoms with Crippen LogP contribution in [0.5, 0.6) is 5.75 Å². The number of hydrogen-bond donors (Lipinski definition) is 2. The Labute approximate surface area is 99.0 Å². The molecular formula is C12H14O5. The molecule has 17 heavy (non-hydrogen) atoms. The number of carboxylic acid groups (broad SMARTS) is 2. The van der Waals surface area contributed by atoms with E-state index in [2.05, 4.69) is 0 Å². The maximum absolute atomic E-state index is 10.6. The second-order valence-corrected chi connectivity index (χ2v) is 2.57. The Balaban J connectivity index is 0.00000121. The van der Waals surface area contributed by atoms with Gasteiger partial charge in [-0.25, -0.2) is 9.59 Å². The minimum atomic E-state index is -1.43. The summed E-state index contributed by atoms with van der Waals surface area (Å²) in [6, 6.07) is 8.08. The molecule has 0 fully saturated rings. The first-order valence-electron chi connectivity index (χ1n) is 5.00. The lowest BCUT2D eigenvalue weighted by atomic mass is 10.3. The minimum Gasteiger partial charge on any atom is -0.478 e. The van der Waals surface area contributed by atoms with Crippen molar-refractivity contribution in [1.82, 2.24) is 0 Å². The van der Waals surface area contributed by atoms with E-state index in [0.717, 1.165) is 0 Å². The largest absolute Gasteiger partial charge is 0.478 e. The molecule has 0 aliphatic rings.